The lowest BCUT2D eigenvalue weighted by molar-refractivity contribution is 0.267. The van der Waals surface area contributed by atoms with Crippen molar-refractivity contribution in [2.45, 2.75) is 58.5 Å². The van der Waals surface area contributed by atoms with Gasteiger partial charge in [-0.15, -0.1) is 0 Å². The van der Waals surface area contributed by atoms with E-state index in [4.69, 9.17) is 16.0 Å². The first-order valence-corrected chi connectivity index (χ1v) is 13.2. The number of fused-ring (bicyclic) bond motifs is 1. The molecule has 0 unspecified atom stereocenters. The van der Waals surface area contributed by atoms with E-state index in [-0.39, 0.29) is 5.04 Å². The summed E-state index contributed by atoms with van der Waals surface area (Å²) in [7, 11) is -1.75. The van der Waals surface area contributed by atoms with Gasteiger partial charge in [0.05, 0.1) is 6.61 Å². The SMILES string of the molecule is CSCCCn1c(CO[Si](C)(C)C(C)(C)C)cc2cc(Cl)ccc21. The molecular formula is C19H30ClNOSSi. The summed E-state index contributed by atoms with van der Waals surface area (Å²) in [5, 5.41) is 2.23. The number of aromatic nitrogens is 1. The fourth-order valence-corrected chi connectivity index (χ4v) is 4.06. The molecule has 134 valence electrons. The molecule has 0 saturated heterocycles. The molecule has 0 spiro atoms. The van der Waals surface area contributed by atoms with E-state index in [0.717, 1.165) is 11.6 Å². The first kappa shape index (κ1) is 19.9. The average Bonchev–Trinajstić information content (AvgIpc) is 2.81. The van der Waals surface area contributed by atoms with Crippen molar-refractivity contribution in [1.29, 1.82) is 0 Å². The van der Waals surface area contributed by atoms with Crippen molar-refractivity contribution in [3.63, 3.8) is 0 Å². The molecule has 0 fully saturated rings. The van der Waals surface area contributed by atoms with Crippen molar-refractivity contribution in [2.75, 3.05) is 12.0 Å². The summed E-state index contributed by atoms with van der Waals surface area (Å²) in [6.07, 6.45) is 3.33. The van der Waals surface area contributed by atoms with Crippen molar-refractivity contribution in [1.82, 2.24) is 4.57 Å². The molecule has 1 aromatic carbocycles. The average molecular weight is 384 g/mol. The Balaban J connectivity index is 2.28. The largest absolute Gasteiger partial charge is 0.411 e. The fourth-order valence-electron chi connectivity index (χ4n) is 2.52. The molecule has 0 aliphatic carbocycles. The highest BCUT2D eigenvalue weighted by atomic mass is 35.5. The van der Waals surface area contributed by atoms with Gasteiger partial charge in [-0.25, -0.2) is 0 Å². The number of hydrogen-bond donors (Lipinski definition) is 0. The summed E-state index contributed by atoms with van der Waals surface area (Å²) in [5.74, 6) is 1.18. The molecule has 0 N–H and O–H groups in total. The minimum Gasteiger partial charge on any atom is -0.411 e. The van der Waals surface area contributed by atoms with Gasteiger partial charge >= 0.3 is 0 Å². The molecule has 2 rings (SSSR count). The van der Waals surface area contributed by atoms with Crippen LogP contribution in [0.4, 0.5) is 0 Å². The van der Waals surface area contributed by atoms with Crippen LogP contribution in [0.25, 0.3) is 10.9 Å². The number of rotatable bonds is 7. The van der Waals surface area contributed by atoms with E-state index in [2.05, 4.69) is 62.9 Å². The maximum Gasteiger partial charge on any atom is 0.192 e. The van der Waals surface area contributed by atoms with Crippen LogP contribution in [-0.2, 0) is 17.6 Å². The van der Waals surface area contributed by atoms with E-state index in [1.807, 2.05) is 17.8 Å². The summed E-state index contributed by atoms with van der Waals surface area (Å²) in [5.41, 5.74) is 2.52. The summed E-state index contributed by atoms with van der Waals surface area (Å²) in [6, 6.07) is 8.41. The molecule has 0 aliphatic rings. The Hall–Kier alpha value is -0.423. The zero-order valence-corrected chi connectivity index (χ0v) is 18.4. The molecule has 0 radical (unpaired) electrons. The van der Waals surface area contributed by atoms with Gasteiger partial charge in [0.2, 0.25) is 0 Å². The molecule has 0 amide bonds. The molecule has 5 heteroatoms. The van der Waals surface area contributed by atoms with Crippen LogP contribution in [0.5, 0.6) is 0 Å². The summed E-state index contributed by atoms with van der Waals surface area (Å²) < 4.78 is 8.88. The van der Waals surface area contributed by atoms with Gasteiger partial charge in [-0.05, 0) is 60.8 Å². The van der Waals surface area contributed by atoms with Crippen molar-refractivity contribution in [2.24, 2.45) is 0 Å². The number of halogens is 1. The lowest BCUT2D eigenvalue weighted by atomic mass is 10.2. The number of nitrogens with zero attached hydrogens (tertiary/aromatic N) is 1. The number of hydrogen-bond acceptors (Lipinski definition) is 2. The van der Waals surface area contributed by atoms with Crippen LogP contribution in [0.2, 0.25) is 23.2 Å². The Morgan fingerprint density at radius 3 is 2.54 bits per heavy atom. The maximum absolute atomic E-state index is 6.47. The van der Waals surface area contributed by atoms with Crippen LogP contribution >= 0.6 is 23.4 Å². The second kappa shape index (κ2) is 7.86. The van der Waals surface area contributed by atoms with Gasteiger partial charge in [0.15, 0.2) is 8.32 Å². The quantitative estimate of drug-likeness (QED) is 0.396. The van der Waals surface area contributed by atoms with Gasteiger partial charge in [-0.1, -0.05) is 32.4 Å². The molecule has 0 aliphatic heterocycles. The number of benzene rings is 1. The first-order chi connectivity index (χ1) is 11.2. The smallest absolute Gasteiger partial charge is 0.192 e. The third kappa shape index (κ3) is 4.60. The first-order valence-electron chi connectivity index (χ1n) is 8.56. The number of aryl methyl sites for hydroxylation is 1. The van der Waals surface area contributed by atoms with Crippen molar-refractivity contribution in [3.05, 3.63) is 35.0 Å². The fraction of sp³-hybridized carbons (Fsp3) is 0.579. The van der Waals surface area contributed by atoms with Gasteiger partial charge in [0, 0.05) is 28.2 Å². The minimum absolute atomic E-state index is 0.228. The maximum atomic E-state index is 6.47. The van der Waals surface area contributed by atoms with E-state index < -0.39 is 8.32 Å². The highest BCUT2D eigenvalue weighted by molar-refractivity contribution is 7.98. The zero-order chi connectivity index (χ0) is 18.0. The van der Waals surface area contributed by atoms with E-state index in [0.29, 0.717) is 6.61 Å². The van der Waals surface area contributed by atoms with Crippen molar-refractivity contribution < 1.29 is 4.43 Å². The lowest BCUT2D eigenvalue weighted by Crippen LogP contribution is -2.40. The third-order valence-corrected chi connectivity index (χ3v) is 10.5. The van der Waals surface area contributed by atoms with Gasteiger partial charge < -0.3 is 8.99 Å². The molecule has 24 heavy (non-hydrogen) atoms. The Morgan fingerprint density at radius 1 is 1.21 bits per heavy atom. The lowest BCUT2D eigenvalue weighted by Gasteiger charge is -2.36. The van der Waals surface area contributed by atoms with Gasteiger partial charge in [0.1, 0.15) is 0 Å². The number of thioether (sulfide) groups is 1. The minimum atomic E-state index is -1.75. The zero-order valence-electron chi connectivity index (χ0n) is 15.8. The van der Waals surface area contributed by atoms with Crippen molar-refractivity contribution in [3.8, 4) is 0 Å². The molecule has 0 saturated carbocycles. The van der Waals surface area contributed by atoms with E-state index in [1.165, 1.54) is 28.8 Å². The third-order valence-electron chi connectivity index (χ3n) is 5.07. The van der Waals surface area contributed by atoms with Gasteiger partial charge in [-0.2, -0.15) is 11.8 Å². The molecule has 0 atom stereocenters. The highest BCUT2D eigenvalue weighted by Crippen LogP contribution is 2.37. The molecule has 0 bridgehead atoms. The van der Waals surface area contributed by atoms with Crippen LogP contribution in [0.15, 0.2) is 24.3 Å². The second-order valence-electron chi connectivity index (χ2n) is 7.89. The topological polar surface area (TPSA) is 14.2 Å². The standard InChI is InChI=1S/C19H30ClNOSSi/c1-19(2,3)24(5,6)22-14-17-13-15-12-16(20)8-9-18(15)21(17)10-7-11-23-4/h8-9,12-13H,7,10-11,14H2,1-6H3. The summed E-state index contributed by atoms with van der Waals surface area (Å²) in [6.45, 7) is 13.2. The van der Waals surface area contributed by atoms with Gasteiger partial charge in [-0.3, -0.25) is 0 Å². The predicted octanol–water partition coefficient (Wildman–Crippen LogP) is 6.57. The van der Waals surface area contributed by atoms with Crippen LogP contribution < -0.4 is 0 Å². The van der Waals surface area contributed by atoms with Crippen LogP contribution in [0.3, 0.4) is 0 Å². The van der Waals surface area contributed by atoms with Crippen LogP contribution in [-0.4, -0.2) is 24.9 Å². The highest BCUT2D eigenvalue weighted by Gasteiger charge is 2.37. The normalized spacial score (nSPS) is 13.0. The second-order valence-corrected chi connectivity index (χ2v) is 14.1. The summed E-state index contributed by atoms with van der Waals surface area (Å²) in [4.78, 5) is 0. The summed E-state index contributed by atoms with van der Waals surface area (Å²) >= 11 is 8.08. The van der Waals surface area contributed by atoms with Crippen LogP contribution in [0, 0.1) is 0 Å². The van der Waals surface area contributed by atoms with E-state index in [1.54, 1.807) is 0 Å². The Morgan fingerprint density at radius 2 is 1.92 bits per heavy atom. The van der Waals surface area contributed by atoms with Gasteiger partial charge in [0.25, 0.3) is 0 Å². The molecule has 2 aromatic rings. The predicted molar refractivity (Wildman–Crippen MR) is 112 cm³/mol. The van der Waals surface area contributed by atoms with E-state index in [9.17, 15) is 0 Å². The Labute approximate surface area is 157 Å². The van der Waals surface area contributed by atoms with E-state index >= 15 is 0 Å². The Kier molecular flexibility index (Phi) is 6.51. The molecule has 1 aromatic heterocycles. The monoisotopic (exact) mass is 383 g/mol. The van der Waals surface area contributed by atoms with Crippen molar-refractivity contribution >= 4 is 42.6 Å². The Bertz CT molecular complexity index is 690. The molecule has 1 heterocycles. The molecular weight excluding hydrogens is 354 g/mol. The van der Waals surface area contributed by atoms with Crippen LogP contribution in [0.1, 0.15) is 32.9 Å². The molecule has 2 nitrogen and oxygen atoms in total.